The van der Waals surface area contributed by atoms with Gasteiger partial charge in [0.15, 0.2) is 0 Å². The van der Waals surface area contributed by atoms with Crippen molar-refractivity contribution in [1.29, 1.82) is 0 Å². The molecule has 7 nitrogen and oxygen atoms in total. The Morgan fingerprint density at radius 1 is 1.20 bits per heavy atom. The van der Waals surface area contributed by atoms with Gasteiger partial charge < -0.3 is 20.9 Å². The van der Waals surface area contributed by atoms with E-state index in [0.717, 1.165) is 53.7 Å². The molecule has 3 heterocycles. The van der Waals surface area contributed by atoms with Gasteiger partial charge in [-0.2, -0.15) is 0 Å². The molecule has 0 spiro atoms. The van der Waals surface area contributed by atoms with Crippen LogP contribution >= 0.6 is 11.6 Å². The largest absolute Gasteiger partial charge is 0.367 e. The highest BCUT2D eigenvalue weighted by atomic mass is 35.5. The monoisotopic (exact) mass is 426 g/mol. The van der Waals surface area contributed by atoms with Gasteiger partial charge >= 0.3 is 6.03 Å². The van der Waals surface area contributed by atoms with Gasteiger partial charge in [0.25, 0.3) is 0 Å². The second kappa shape index (κ2) is 8.92. The first-order chi connectivity index (χ1) is 14.5. The lowest BCUT2D eigenvalue weighted by Crippen LogP contribution is -2.46. The summed E-state index contributed by atoms with van der Waals surface area (Å²) in [4.78, 5) is 23.9. The number of urea groups is 1. The number of aromatic nitrogens is 3. The third-order valence-electron chi connectivity index (χ3n) is 5.39. The van der Waals surface area contributed by atoms with Crippen molar-refractivity contribution in [2.24, 2.45) is 0 Å². The van der Waals surface area contributed by atoms with Crippen molar-refractivity contribution in [3.05, 3.63) is 41.8 Å². The second-order valence-electron chi connectivity index (χ2n) is 8.13. The molecule has 30 heavy (non-hydrogen) atoms. The molecule has 0 atom stereocenters. The molecule has 0 unspecified atom stereocenters. The van der Waals surface area contributed by atoms with Crippen molar-refractivity contribution < 1.29 is 4.79 Å². The van der Waals surface area contributed by atoms with Crippen LogP contribution in [0, 0.1) is 0 Å². The van der Waals surface area contributed by atoms with Crippen LogP contribution in [0.15, 0.2) is 36.7 Å². The van der Waals surface area contributed by atoms with Crippen molar-refractivity contribution in [2.45, 2.75) is 57.7 Å². The van der Waals surface area contributed by atoms with Crippen molar-refractivity contribution in [2.75, 3.05) is 5.32 Å². The van der Waals surface area contributed by atoms with Crippen LogP contribution in [0.1, 0.15) is 39.5 Å². The van der Waals surface area contributed by atoms with Gasteiger partial charge in [-0.05, 0) is 69.4 Å². The number of H-pyrrole nitrogens is 1. The number of hydrogen-bond acceptors (Lipinski definition) is 4. The molecule has 158 valence electrons. The number of anilines is 1. The molecule has 1 saturated carbocycles. The standard InChI is InChI=1S/C22H27ClN6O/c1-13(2)26-22(30)28-16-7-5-15(6-8-16)27-20-11-14(10-19(23)29-20)18-12-25-21-17(18)4-3-9-24-21/h3-4,9-13,15-16H,5-8H2,1-2H3,(H,24,25)(H,27,29)(H2,26,28,30). The van der Waals surface area contributed by atoms with E-state index in [1.165, 1.54) is 0 Å². The van der Waals surface area contributed by atoms with Crippen LogP contribution < -0.4 is 16.0 Å². The first kappa shape index (κ1) is 20.5. The smallest absolute Gasteiger partial charge is 0.315 e. The topological polar surface area (TPSA) is 94.7 Å². The summed E-state index contributed by atoms with van der Waals surface area (Å²) in [5.74, 6) is 0.768. The number of carbonyl (C=O) groups is 1. The van der Waals surface area contributed by atoms with Crippen molar-refractivity contribution >= 4 is 34.5 Å². The zero-order chi connectivity index (χ0) is 21.1. The fraction of sp³-hybridized carbons (Fsp3) is 0.409. The van der Waals surface area contributed by atoms with Gasteiger partial charge in [-0.15, -0.1) is 0 Å². The molecule has 2 amide bonds. The number of pyridine rings is 2. The number of hydrogen-bond donors (Lipinski definition) is 4. The molecule has 0 bridgehead atoms. The van der Waals surface area contributed by atoms with E-state index in [1.807, 2.05) is 44.3 Å². The minimum absolute atomic E-state index is 0.0872. The highest BCUT2D eigenvalue weighted by Crippen LogP contribution is 2.31. The van der Waals surface area contributed by atoms with E-state index in [0.29, 0.717) is 11.2 Å². The molecule has 1 aliphatic rings. The molecule has 0 radical (unpaired) electrons. The van der Waals surface area contributed by atoms with Gasteiger partial charge in [0.1, 0.15) is 16.6 Å². The summed E-state index contributed by atoms with van der Waals surface area (Å²) in [5.41, 5.74) is 2.90. The van der Waals surface area contributed by atoms with Crippen LogP contribution in [0.4, 0.5) is 10.6 Å². The molecule has 8 heteroatoms. The maximum absolute atomic E-state index is 11.9. The predicted octanol–water partition coefficient (Wildman–Crippen LogP) is 4.71. The minimum atomic E-state index is -0.0872. The lowest BCUT2D eigenvalue weighted by Gasteiger charge is -2.30. The quantitative estimate of drug-likeness (QED) is 0.444. The molecule has 0 saturated heterocycles. The van der Waals surface area contributed by atoms with Gasteiger partial charge in [0.2, 0.25) is 0 Å². The number of nitrogens with one attached hydrogen (secondary N) is 4. The number of rotatable bonds is 5. The van der Waals surface area contributed by atoms with Crippen LogP contribution in [0.3, 0.4) is 0 Å². The van der Waals surface area contributed by atoms with Gasteiger partial charge in [-0.3, -0.25) is 0 Å². The van der Waals surface area contributed by atoms with Gasteiger partial charge in [0.05, 0.1) is 0 Å². The predicted molar refractivity (Wildman–Crippen MR) is 121 cm³/mol. The summed E-state index contributed by atoms with van der Waals surface area (Å²) < 4.78 is 0. The molecule has 1 fully saturated rings. The first-order valence-electron chi connectivity index (χ1n) is 10.4. The average Bonchev–Trinajstić information content (AvgIpc) is 3.13. The summed E-state index contributed by atoms with van der Waals surface area (Å²) in [5, 5.41) is 11.0. The van der Waals surface area contributed by atoms with Crippen molar-refractivity contribution in [3.63, 3.8) is 0 Å². The molecular weight excluding hydrogens is 400 g/mol. The number of aromatic amines is 1. The van der Waals surface area contributed by atoms with E-state index in [2.05, 4.69) is 30.9 Å². The van der Waals surface area contributed by atoms with E-state index >= 15 is 0 Å². The Morgan fingerprint density at radius 2 is 1.97 bits per heavy atom. The van der Waals surface area contributed by atoms with Crippen LogP contribution in [0.5, 0.6) is 0 Å². The van der Waals surface area contributed by atoms with Crippen LogP contribution in [-0.2, 0) is 0 Å². The van der Waals surface area contributed by atoms with E-state index in [9.17, 15) is 4.79 Å². The Kier molecular flexibility index (Phi) is 6.08. The van der Waals surface area contributed by atoms with Crippen LogP contribution in [0.2, 0.25) is 5.15 Å². The fourth-order valence-corrected chi connectivity index (χ4v) is 4.21. The van der Waals surface area contributed by atoms with Gasteiger partial charge in [-0.25, -0.2) is 14.8 Å². The summed E-state index contributed by atoms with van der Waals surface area (Å²) in [6.45, 7) is 3.92. The zero-order valence-electron chi connectivity index (χ0n) is 17.2. The number of nitrogens with zero attached hydrogens (tertiary/aromatic N) is 2. The maximum Gasteiger partial charge on any atom is 0.315 e. The molecule has 3 aromatic heterocycles. The lowest BCUT2D eigenvalue weighted by atomic mass is 9.91. The number of halogens is 1. The Labute approximate surface area is 181 Å². The Balaban J connectivity index is 1.41. The number of amides is 2. The summed E-state index contributed by atoms with van der Waals surface area (Å²) >= 11 is 6.33. The SMILES string of the molecule is CC(C)NC(=O)NC1CCC(Nc2cc(-c3c[nH]c4ncccc34)cc(Cl)n2)CC1. The zero-order valence-corrected chi connectivity index (χ0v) is 18.0. The molecule has 4 rings (SSSR count). The van der Waals surface area contributed by atoms with Crippen LogP contribution in [-0.4, -0.2) is 39.1 Å². The second-order valence-corrected chi connectivity index (χ2v) is 8.52. The third kappa shape index (κ3) is 4.84. The number of fused-ring (bicyclic) bond motifs is 1. The molecule has 4 N–H and O–H groups in total. The number of carbonyl (C=O) groups excluding carboxylic acids is 1. The van der Waals surface area contributed by atoms with E-state index < -0.39 is 0 Å². The highest BCUT2D eigenvalue weighted by Gasteiger charge is 2.23. The maximum atomic E-state index is 11.9. The van der Waals surface area contributed by atoms with Gasteiger partial charge in [-0.1, -0.05) is 11.6 Å². The minimum Gasteiger partial charge on any atom is -0.367 e. The molecule has 0 aliphatic heterocycles. The Bertz CT molecular complexity index is 1030. The van der Waals surface area contributed by atoms with E-state index in [1.54, 1.807) is 6.20 Å². The van der Waals surface area contributed by atoms with E-state index in [-0.39, 0.29) is 18.1 Å². The Hall–Kier alpha value is -2.80. The summed E-state index contributed by atoms with van der Waals surface area (Å²) in [6, 6.07) is 8.44. The molecule has 3 aromatic rings. The third-order valence-corrected chi connectivity index (χ3v) is 5.58. The fourth-order valence-electron chi connectivity index (χ4n) is 4.00. The molecule has 0 aromatic carbocycles. The lowest BCUT2D eigenvalue weighted by molar-refractivity contribution is 0.229. The van der Waals surface area contributed by atoms with Gasteiger partial charge in [0, 0.05) is 41.5 Å². The summed E-state index contributed by atoms with van der Waals surface area (Å²) in [7, 11) is 0. The van der Waals surface area contributed by atoms with Crippen molar-refractivity contribution in [3.8, 4) is 11.1 Å². The molecule has 1 aliphatic carbocycles. The van der Waals surface area contributed by atoms with Crippen LogP contribution in [0.25, 0.3) is 22.2 Å². The summed E-state index contributed by atoms with van der Waals surface area (Å²) in [6.07, 6.45) is 7.52. The molecular formula is C22H27ClN6O. The van der Waals surface area contributed by atoms with Crippen molar-refractivity contribution in [1.82, 2.24) is 25.6 Å². The van der Waals surface area contributed by atoms with E-state index in [4.69, 9.17) is 11.6 Å². The average molecular weight is 427 g/mol. The Morgan fingerprint density at radius 3 is 2.73 bits per heavy atom. The normalized spacial score (nSPS) is 19.1. The highest BCUT2D eigenvalue weighted by molar-refractivity contribution is 6.29. The first-order valence-corrected chi connectivity index (χ1v) is 10.8.